The Balaban J connectivity index is 1.48. The monoisotopic (exact) mass is 510 g/mol. The topological polar surface area (TPSA) is 102 Å². The van der Waals surface area contributed by atoms with E-state index in [2.05, 4.69) is 4.98 Å². The number of aromatic nitrogens is 2. The maximum Gasteiger partial charge on any atom is 0.337 e. The highest BCUT2D eigenvalue weighted by Gasteiger charge is 2.22. The van der Waals surface area contributed by atoms with Crippen LogP contribution in [0, 0.1) is 0 Å². The van der Waals surface area contributed by atoms with E-state index in [9.17, 15) is 19.5 Å². The predicted molar refractivity (Wildman–Crippen MR) is 133 cm³/mol. The number of thiophene rings is 1. The molecule has 0 bridgehead atoms. The number of fused-ring (bicyclic) bond motifs is 5. The minimum atomic E-state index is -1.13. The molecule has 10 heteroatoms. The maximum atomic E-state index is 13.3. The molecule has 0 saturated heterocycles. The minimum Gasteiger partial charge on any atom is -0.478 e. The zero-order valence-electron chi connectivity index (χ0n) is 17.5. The van der Waals surface area contributed by atoms with Crippen molar-refractivity contribution in [2.24, 2.45) is 0 Å². The van der Waals surface area contributed by atoms with E-state index in [4.69, 9.17) is 16.0 Å². The van der Waals surface area contributed by atoms with Crippen molar-refractivity contribution >= 4 is 61.5 Å². The molecule has 0 saturated carbocycles. The molecule has 1 N–H and O–H groups in total. The minimum absolute atomic E-state index is 0.0222. The van der Waals surface area contributed by atoms with Gasteiger partial charge in [0.1, 0.15) is 20.9 Å². The van der Waals surface area contributed by atoms with Crippen LogP contribution in [0.5, 0.6) is 0 Å². The number of rotatable bonds is 3. The molecule has 0 unspecified atom stereocenters. The molecule has 0 aliphatic heterocycles. The lowest BCUT2D eigenvalue weighted by atomic mass is 9.97. The lowest BCUT2D eigenvalue weighted by Gasteiger charge is -2.09. The van der Waals surface area contributed by atoms with Crippen molar-refractivity contribution in [1.29, 1.82) is 0 Å². The summed E-state index contributed by atoms with van der Waals surface area (Å²) >= 11 is 8.61. The van der Waals surface area contributed by atoms with Crippen LogP contribution in [0.15, 0.2) is 44.3 Å². The van der Waals surface area contributed by atoms with Crippen LogP contribution < -0.4 is 15.7 Å². The highest BCUT2D eigenvalue weighted by atomic mass is 35.5. The first-order chi connectivity index (χ1) is 16.4. The van der Waals surface area contributed by atoms with Crippen LogP contribution in [-0.2, 0) is 12.8 Å². The molecule has 5 aromatic rings. The van der Waals surface area contributed by atoms with Crippen LogP contribution in [-0.4, -0.2) is 20.5 Å². The summed E-state index contributed by atoms with van der Waals surface area (Å²) in [5.41, 5.74) is 1.06. The normalized spacial score (nSPS) is 14.2. The molecule has 7 nitrogen and oxygen atoms in total. The first-order valence-corrected chi connectivity index (χ1v) is 12.6. The smallest absolute Gasteiger partial charge is 0.337 e. The number of carboxylic acids is 1. The van der Waals surface area contributed by atoms with Crippen molar-refractivity contribution in [3.63, 3.8) is 0 Å². The van der Waals surface area contributed by atoms with Gasteiger partial charge < -0.3 is 9.52 Å². The number of aryl methyl sites for hydroxylation is 2. The second kappa shape index (κ2) is 7.90. The van der Waals surface area contributed by atoms with Crippen molar-refractivity contribution in [3.05, 3.63) is 82.4 Å². The Labute approximate surface area is 204 Å². The Morgan fingerprint density at radius 1 is 1.15 bits per heavy atom. The van der Waals surface area contributed by atoms with E-state index < -0.39 is 5.97 Å². The highest BCUT2D eigenvalue weighted by Crippen LogP contribution is 2.34. The van der Waals surface area contributed by atoms with Crippen LogP contribution in [0.25, 0.3) is 32.6 Å². The number of halogens is 1. The molecule has 34 heavy (non-hydrogen) atoms. The van der Waals surface area contributed by atoms with Gasteiger partial charge in [-0.05, 0) is 61.6 Å². The predicted octanol–water partition coefficient (Wildman–Crippen LogP) is 4.37. The van der Waals surface area contributed by atoms with Gasteiger partial charge in [-0.1, -0.05) is 22.9 Å². The fourth-order valence-corrected chi connectivity index (χ4v) is 6.94. The molecule has 0 fully saturated rings. The Kier molecular flexibility index (Phi) is 4.94. The third-order valence-electron chi connectivity index (χ3n) is 5.95. The van der Waals surface area contributed by atoms with E-state index in [1.807, 2.05) is 0 Å². The van der Waals surface area contributed by atoms with Crippen LogP contribution in [0.2, 0.25) is 5.02 Å². The molecular weight excluding hydrogens is 496 g/mol. The van der Waals surface area contributed by atoms with Gasteiger partial charge in [0.15, 0.2) is 0 Å². The van der Waals surface area contributed by atoms with Gasteiger partial charge in [0, 0.05) is 16.5 Å². The molecule has 0 spiro atoms. The summed E-state index contributed by atoms with van der Waals surface area (Å²) in [5.74, 6) is -0.259. The second-order valence-electron chi connectivity index (χ2n) is 8.04. The van der Waals surface area contributed by atoms with E-state index in [0.717, 1.165) is 42.6 Å². The number of carbonyl (C=O) groups is 1. The summed E-state index contributed by atoms with van der Waals surface area (Å²) in [6.07, 6.45) is 5.51. The molecule has 6 rings (SSSR count). The molecule has 0 atom stereocenters. The largest absolute Gasteiger partial charge is 0.478 e. The SMILES string of the molecule is O=C(O)c1cc(-c2ccc(/C=c3\sc4nc(=O)c5c6c(sc5n4c3=O)CCCC6)o2)ccc1Cl. The van der Waals surface area contributed by atoms with Crippen LogP contribution in [0.4, 0.5) is 0 Å². The zero-order valence-corrected chi connectivity index (χ0v) is 19.9. The summed E-state index contributed by atoms with van der Waals surface area (Å²) < 4.78 is 7.80. The van der Waals surface area contributed by atoms with Gasteiger partial charge in [-0.25, -0.2) is 9.20 Å². The molecular formula is C24H15ClN2O5S2. The zero-order chi connectivity index (χ0) is 23.6. The van der Waals surface area contributed by atoms with E-state index in [1.165, 1.54) is 28.3 Å². The first-order valence-electron chi connectivity index (χ1n) is 10.6. The summed E-state index contributed by atoms with van der Waals surface area (Å²) in [4.78, 5) is 43.9. The average molecular weight is 511 g/mol. The summed E-state index contributed by atoms with van der Waals surface area (Å²) in [7, 11) is 0. The Hall–Kier alpha value is -3.27. The number of aromatic carboxylic acids is 1. The Morgan fingerprint density at radius 2 is 1.97 bits per heavy atom. The van der Waals surface area contributed by atoms with Gasteiger partial charge in [0.2, 0.25) is 4.96 Å². The second-order valence-corrected chi connectivity index (χ2v) is 10.5. The lowest BCUT2D eigenvalue weighted by Crippen LogP contribution is -2.24. The number of carboxylic acid groups (broad SMARTS) is 1. The Bertz CT molecular complexity index is 1810. The van der Waals surface area contributed by atoms with E-state index in [-0.39, 0.29) is 21.7 Å². The number of furan rings is 1. The molecule has 0 radical (unpaired) electrons. The number of nitrogens with zero attached hydrogens (tertiary/aromatic N) is 2. The molecule has 1 aromatic carbocycles. The lowest BCUT2D eigenvalue weighted by molar-refractivity contribution is 0.0697. The average Bonchev–Trinajstić information content (AvgIpc) is 3.50. The number of thiazole rings is 1. The number of hydrogen-bond donors (Lipinski definition) is 1. The van der Waals surface area contributed by atoms with Crippen molar-refractivity contribution in [2.75, 3.05) is 0 Å². The van der Waals surface area contributed by atoms with Crippen molar-refractivity contribution in [3.8, 4) is 11.3 Å². The Morgan fingerprint density at radius 3 is 2.79 bits per heavy atom. The fraction of sp³-hybridized carbons (Fsp3) is 0.167. The quantitative estimate of drug-likeness (QED) is 0.387. The van der Waals surface area contributed by atoms with Crippen LogP contribution in [0.1, 0.15) is 39.4 Å². The molecule has 170 valence electrons. The van der Waals surface area contributed by atoms with E-state index in [1.54, 1.807) is 28.7 Å². The maximum absolute atomic E-state index is 13.3. The van der Waals surface area contributed by atoms with Gasteiger partial charge in [0.05, 0.1) is 16.0 Å². The number of benzene rings is 1. The van der Waals surface area contributed by atoms with Crippen LogP contribution >= 0.6 is 34.3 Å². The summed E-state index contributed by atoms with van der Waals surface area (Å²) in [6.45, 7) is 0. The molecule has 1 aliphatic carbocycles. The third-order valence-corrected chi connectivity index (χ3v) is 8.53. The third kappa shape index (κ3) is 3.31. The van der Waals surface area contributed by atoms with Crippen molar-refractivity contribution in [1.82, 2.24) is 9.38 Å². The van der Waals surface area contributed by atoms with Gasteiger partial charge in [-0.15, -0.1) is 11.3 Å². The summed E-state index contributed by atoms with van der Waals surface area (Å²) in [5, 5.41) is 10.0. The van der Waals surface area contributed by atoms with Gasteiger partial charge in [-0.2, -0.15) is 4.98 Å². The molecule has 4 heterocycles. The molecule has 0 amide bonds. The standard InChI is InChI=1S/C24H15ClN2O5S2/c25-15-7-5-11(9-14(15)23(30)31)16-8-6-12(32-16)10-18-21(29)27-22-19(20(28)26-24(27)34-18)13-3-1-2-4-17(13)33-22/h5-10H,1-4H2,(H,30,31)/b18-10-. The summed E-state index contributed by atoms with van der Waals surface area (Å²) in [6, 6.07) is 8.01. The van der Waals surface area contributed by atoms with Crippen molar-refractivity contribution < 1.29 is 14.3 Å². The molecule has 4 aromatic heterocycles. The van der Waals surface area contributed by atoms with E-state index >= 15 is 0 Å². The van der Waals surface area contributed by atoms with Gasteiger partial charge in [-0.3, -0.25) is 9.59 Å². The van der Waals surface area contributed by atoms with Gasteiger partial charge in [0.25, 0.3) is 11.1 Å². The first kappa shape index (κ1) is 21.3. The molecule has 1 aliphatic rings. The van der Waals surface area contributed by atoms with E-state index in [0.29, 0.717) is 36.8 Å². The number of hydrogen-bond acceptors (Lipinski definition) is 7. The van der Waals surface area contributed by atoms with Crippen molar-refractivity contribution in [2.45, 2.75) is 25.7 Å². The highest BCUT2D eigenvalue weighted by molar-refractivity contribution is 7.19. The fourth-order valence-electron chi connectivity index (χ4n) is 4.36. The van der Waals surface area contributed by atoms with Gasteiger partial charge >= 0.3 is 5.97 Å². The van der Waals surface area contributed by atoms with Crippen LogP contribution in [0.3, 0.4) is 0 Å².